The van der Waals surface area contributed by atoms with Crippen molar-refractivity contribution < 1.29 is 14.3 Å². The van der Waals surface area contributed by atoms with Crippen LogP contribution in [0.5, 0.6) is 0 Å². The van der Waals surface area contributed by atoms with Crippen LogP contribution in [0.1, 0.15) is 38.3 Å². The number of hydrogen-bond acceptors (Lipinski definition) is 7. The number of hydrogen-bond donors (Lipinski definition) is 2. The lowest BCUT2D eigenvalue weighted by atomic mass is 10.0. The first-order valence-corrected chi connectivity index (χ1v) is 10.7. The van der Waals surface area contributed by atoms with Crippen molar-refractivity contribution in [2.75, 3.05) is 39.1 Å². The van der Waals surface area contributed by atoms with Crippen molar-refractivity contribution >= 4 is 17.6 Å². The van der Waals surface area contributed by atoms with Gasteiger partial charge in [-0.1, -0.05) is 6.07 Å². The summed E-state index contributed by atoms with van der Waals surface area (Å²) in [5.41, 5.74) is 4.31. The molecular weight excluding hydrogens is 420 g/mol. The molecule has 3 aromatic rings. The van der Waals surface area contributed by atoms with Crippen LogP contribution < -0.4 is 10.6 Å². The van der Waals surface area contributed by atoms with Crippen molar-refractivity contribution in [3.05, 3.63) is 71.4 Å². The quantitative estimate of drug-likeness (QED) is 0.620. The zero-order valence-corrected chi connectivity index (χ0v) is 18.8. The lowest BCUT2D eigenvalue weighted by molar-refractivity contribution is -0.0247. The first-order chi connectivity index (χ1) is 16.0. The van der Waals surface area contributed by atoms with Crippen molar-refractivity contribution in [2.24, 2.45) is 0 Å². The molecule has 2 amide bonds. The summed E-state index contributed by atoms with van der Waals surface area (Å²) in [4.78, 5) is 39.7. The molecular formula is C24H26N6O3. The second kappa shape index (κ2) is 9.74. The number of carbonyl (C=O) groups is 2. The normalized spacial score (nSPS) is 15.7. The van der Waals surface area contributed by atoms with Gasteiger partial charge in [0, 0.05) is 49.9 Å². The maximum absolute atomic E-state index is 13.1. The van der Waals surface area contributed by atoms with E-state index in [1.165, 1.54) is 0 Å². The molecule has 4 rings (SSSR count). The topological polar surface area (TPSA) is 109 Å². The predicted octanol–water partition coefficient (Wildman–Crippen LogP) is 2.46. The highest BCUT2D eigenvalue weighted by Gasteiger charge is 2.27. The van der Waals surface area contributed by atoms with Gasteiger partial charge in [-0.3, -0.25) is 19.6 Å². The van der Waals surface area contributed by atoms with E-state index in [2.05, 4.69) is 25.6 Å². The number of morpholine rings is 1. The van der Waals surface area contributed by atoms with E-state index in [1.807, 2.05) is 25.1 Å². The molecule has 9 nitrogen and oxygen atoms in total. The number of carbonyl (C=O) groups excluding carboxylic acids is 2. The van der Waals surface area contributed by atoms with Crippen LogP contribution in [-0.2, 0) is 4.74 Å². The van der Waals surface area contributed by atoms with E-state index in [-0.39, 0.29) is 17.9 Å². The van der Waals surface area contributed by atoms with Gasteiger partial charge in [-0.2, -0.15) is 0 Å². The molecule has 0 aromatic carbocycles. The van der Waals surface area contributed by atoms with Crippen molar-refractivity contribution in [1.29, 1.82) is 0 Å². The summed E-state index contributed by atoms with van der Waals surface area (Å²) < 4.78 is 5.99. The standard InChI is InChI=1S/C24H26N6O3/c1-15-10-18(17-4-5-19(28-13-17)23(31)26-3)11-20(29-15)21-14-30(8-9-33-21)24(32)16-6-7-27-22(12-16)25-2/h4-7,10-13,21H,8-9,14H2,1-3H3,(H,25,27)(H,26,31). The van der Waals surface area contributed by atoms with Gasteiger partial charge in [0.05, 0.1) is 18.8 Å². The molecule has 0 bridgehead atoms. The van der Waals surface area contributed by atoms with Gasteiger partial charge in [0.25, 0.3) is 11.8 Å². The Bertz CT molecular complexity index is 1170. The Hall–Kier alpha value is -3.85. The summed E-state index contributed by atoms with van der Waals surface area (Å²) in [7, 11) is 3.34. The summed E-state index contributed by atoms with van der Waals surface area (Å²) >= 11 is 0. The van der Waals surface area contributed by atoms with Crippen LogP contribution in [0.4, 0.5) is 5.82 Å². The van der Waals surface area contributed by atoms with Crippen LogP contribution in [0, 0.1) is 6.92 Å². The Morgan fingerprint density at radius 3 is 2.67 bits per heavy atom. The first kappa shape index (κ1) is 22.3. The van der Waals surface area contributed by atoms with E-state index in [0.717, 1.165) is 22.5 Å². The minimum absolute atomic E-state index is 0.0657. The smallest absolute Gasteiger partial charge is 0.269 e. The molecule has 1 aliphatic rings. The maximum Gasteiger partial charge on any atom is 0.269 e. The molecule has 1 atom stereocenters. The van der Waals surface area contributed by atoms with E-state index in [4.69, 9.17) is 4.74 Å². The highest BCUT2D eigenvalue weighted by Crippen LogP contribution is 2.27. The number of rotatable bonds is 5. The average molecular weight is 447 g/mol. The third-order valence-corrected chi connectivity index (χ3v) is 5.48. The molecule has 170 valence electrons. The zero-order chi connectivity index (χ0) is 23.4. The fourth-order valence-electron chi connectivity index (χ4n) is 3.75. The van der Waals surface area contributed by atoms with Gasteiger partial charge in [-0.25, -0.2) is 4.98 Å². The number of ether oxygens (including phenoxy) is 1. The van der Waals surface area contributed by atoms with Crippen LogP contribution in [0.3, 0.4) is 0 Å². The molecule has 0 radical (unpaired) electrons. The Kier molecular flexibility index (Phi) is 6.60. The molecule has 0 saturated carbocycles. The number of amides is 2. The Labute approximate surface area is 192 Å². The van der Waals surface area contributed by atoms with Gasteiger partial charge >= 0.3 is 0 Å². The molecule has 1 fully saturated rings. The summed E-state index contributed by atoms with van der Waals surface area (Å²) in [5, 5.41) is 5.52. The van der Waals surface area contributed by atoms with E-state index in [0.29, 0.717) is 36.8 Å². The van der Waals surface area contributed by atoms with E-state index in [9.17, 15) is 9.59 Å². The number of anilines is 1. The van der Waals surface area contributed by atoms with Crippen LogP contribution in [0.15, 0.2) is 48.8 Å². The lowest BCUT2D eigenvalue weighted by Crippen LogP contribution is -2.42. The van der Waals surface area contributed by atoms with Gasteiger partial charge in [-0.15, -0.1) is 0 Å². The number of nitrogens with one attached hydrogen (secondary N) is 2. The highest BCUT2D eigenvalue weighted by molar-refractivity contribution is 5.95. The van der Waals surface area contributed by atoms with Crippen molar-refractivity contribution in [3.8, 4) is 11.1 Å². The van der Waals surface area contributed by atoms with E-state index < -0.39 is 0 Å². The molecule has 0 spiro atoms. The maximum atomic E-state index is 13.1. The van der Waals surface area contributed by atoms with Gasteiger partial charge in [-0.05, 0) is 42.8 Å². The monoisotopic (exact) mass is 446 g/mol. The molecule has 1 unspecified atom stereocenters. The predicted molar refractivity (Wildman–Crippen MR) is 124 cm³/mol. The molecule has 1 saturated heterocycles. The molecule has 3 aromatic heterocycles. The largest absolute Gasteiger partial charge is 0.373 e. The van der Waals surface area contributed by atoms with Crippen molar-refractivity contribution in [2.45, 2.75) is 13.0 Å². The Morgan fingerprint density at radius 2 is 1.94 bits per heavy atom. The average Bonchev–Trinajstić information content (AvgIpc) is 2.87. The number of aryl methyl sites for hydroxylation is 1. The molecule has 1 aliphatic heterocycles. The second-order valence-electron chi connectivity index (χ2n) is 7.72. The second-order valence-corrected chi connectivity index (χ2v) is 7.72. The molecule has 33 heavy (non-hydrogen) atoms. The lowest BCUT2D eigenvalue weighted by Gasteiger charge is -2.33. The minimum Gasteiger partial charge on any atom is -0.373 e. The van der Waals surface area contributed by atoms with Gasteiger partial charge < -0.3 is 20.3 Å². The first-order valence-electron chi connectivity index (χ1n) is 10.7. The molecule has 2 N–H and O–H groups in total. The van der Waals surface area contributed by atoms with Crippen LogP contribution >= 0.6 is 0 Å². The molecule has 9 heteroatoms. The van der Waals surface area contributed by atoms with Crippen molar-refractivity contribution in [3.63, 3.8) is 0 Å². The van der Waals surface area contributed by atoms with Gasteiger partial charge in [0.15, 0.2) is 0 Å². The van der Waals surface area contributed by atoms with Gasteiger partial charge in [0.1, 0.15) is 17.6 Å². The number of aromatic nitrogens is 3. The van der Waals surface area contributed by atoms with Crippen LogP contribution in [-0.4, -0.2) is 65.5 Å². The number of pyridine rings is 3. The number of nitrogens with zero attached hydrogens (tertiary/aromatic N) is 4. The molecule has 4 heterocycles. The SMILES string of the molecule is CNC(=O)c1ccc(-c2cc(C)nc(C3CN(C(=O)c4ccnc(NC)c4)CCO3)c2)cn1. The third kappa shape index (κ3) is 4.98. The summed E-state index contributed by atoms with van der Waals surface area (Å²) in [6.07, 6.45) is 2.95. The Morgan fingerprint density at radius 1 is 1.09 bits per heavy atom. The van der Waals surface area contributed by atoms with Crippen LogP contribution in [0.25, 0.3) is 11.1 Å². The van der Waals surface area contributed by atoms with E-state index in [1.54, 1.807) is 49.6 Å². The summed E-state index contributed by atoms with van der Waals surface area (Å²) in [6.45, 7) is 3.25. The highest BCUT2D eigenvalue weighted by atomic mass is 16.5. The fourth-order valence-corrected chi connectivity index (χ4v) is 3.75. The van der Waals surface area contributed by atoms with E-state index >= 15 is 0 Å². The van der Waals surface area contributed by atoms with Gasteiger partial charge in [0.2, 0.25) is 0 Å². The summed E-state index contributed by atoms with van der Waals surface area (Å²) in [5.74, 6) is 0.348. The zero-order valence-electron chi connectivity index (χ0n) is 18.8. The Balaban J connectivity index is 1.55. The minimum atomic E-state index is -0.343. The molecule has 0 aliphatic carbocycles. The van der Waals surface area contributed by atoms with Crippen molar-refractivity contribution in [1.82, 2.24) is 25.2 Å². The third-order valence-electron chi connectivity index (χ3n) is 5.48. The van der Waals surface area contributed by atoms with Crippen LogP contribution in [0.2, 0.25) is 0 Å². The summed E-state index contributed by atoms with van der Waals surface area (Å²) in [6, 6.07) is 10.9. The fraction of sp³-hybridized carbons (Fsp3) is 0.292.